The number of aromatic nitrogens is 2. The van der Waals surface area contributed by atoms with E-state index in [0.29, 0.717) is 11.9 Å². The molecule has 5 nitrogen and oxygen atoms in total. The molecule has 0 spiro atoms. The standard InChI is InChI=1S/C13H22N4O.ClH/c1-9(2)8-17-6-5-15-13(17)16-12(18)10-3-4-11(14)7-10;/h5-6,9-11H,3-4,7-8,14H2,1-2H3,(H,15,16,18);1H. The molecule has 6 heteroatoms. The van der Waals surface area contributed by atoms with Crippen molar-refractivity contribution in [3.05, 3.63) is 12.4 Å². The number of nitrogens with zero attached hydrogens (tertiary/aromatic N) is 2. The Morgan fingerprint density at radius 3 is 2.89 bits per heavy atom. The van der Waals surface area contributed by atoms with Crippen LogP contribution in [0.4, 0.5) is 5.95 Å². The highest BCUT2D eigenvalue weighted by Crippen LogP contribution is 2.25. The van der Waals surface area contributed by atoms with Crippen LogP contribution in [-0.4, -0.2) is 21.5 Å². The first-order valence-electron chi connectivity index (χ1n) is 6.64. The molecule has 1 heterocycles. The van der Waals surface area contributed by atoms with Gasteiger partial charge in [0.05, 0.1) is 0 Å². The van der Waals surface area contributed by atoms with Crippen molar-refractivity contribution in [2.45, 2.75) is 45.7 Å². The molecular formula is C13H23ClN4O. The van der Waals surface area contributed by atoms with Gasteiger partial charge in [0, 0.05) is 30.9 Å². The minimum atomic E-state index is 0. The Morgan fingerprint density at radius 2 is 2.32 bits per heavy atom. The smallest absolute Gasteiger partial charge is 0.229 e. The predicted molar refractivity (Wildman–Crippen MR) is 78.3 cm³/mol. The Hall–Kier alpha value is -1.07. The third-order valence-corrected chi connectivity index (χ3v) is 3.36. The average molecular weight is 287 g/mol. The lowest BCUT2D eigenvalue weighted by atomic mass is 10.1. The Kier molecular flexibility index (Phi) is 5.82. The van der Waals surface area contributed by atoms with E-state index in [4.69, 9.17) is 5.73 Å². The van der Waals surface area contributed by atoms with Crippen molar-refractivity contribution in [1.29, 1.82) is 0 Å². The fraction of sp³-hybridized carbons (Fsp3) is 0.692. The highest BCUT2D eigenvalue weighted by molar-refractivity contribution is 5.91. The van der Waals surface area contributed by atoms with Gasteiger partial charge in [-0.2, -0.15) is 0 Å². The number of hydrogen-bond acceptors (Lipinski definition) is 3. The SMILES string of the molecule is CC(C)Cn1ccnc1NC(=O)C1CCC(N)C1.Cl. The molecule has 2 atom stereocenters. The monoisotopic (exact) mass is 286 g/mol. The molecule has 0 aromatic carbocycles. The summed E-state index contributed by atoms with van der Waals surface area (Å²) >= 11 is 0. The number of hydrogen-bond donors (Lipinski definition) is 2. The summed E-state index contributed by atoms with van der Waals surface area (Å²) in [5, 5.41) is 2.92. The number of nitrogens with two attached hydrogens (primary N) is 1. The molecule has 19 heavy (non-hydrogen) atoms. The summed E-state index contributed by atoms with van der Waals surface area (Å²) in [5.41, 5.74) is 5.83. The lowest BCUT2D eigenvalue weighted by Crippen LogP contribution is -2.25. The van der Waals surface area contributed by atoms with E-state index in [9.17, 15) is 4.79 Å². The molecule has 1 saturated carbocycles. The van der Waals surface area contributed by atoms with Gasteiger partial charge in [-0.25, -0.2) is 4.98 Å². The molecule has 0 saturated heterocycles. The van der Waals surface area contributed by atoms with Crippen LogP contribution >= 0.6 is 12.4 Å². The van der Waals surface area contributed by atoms with Gasteiger partial charge in [-0.3, -0.25) is 10.1 Å². The highest BCUT2D eigenvalue weighted by atomic mass is 35.5. The number of rotatable bonds is 4. The van der Waals surface area contributed by atoms with Crippen molar-refractivity contribution in [2.75, 3.05) is 5.32 Å². The molecule has 1 fully saturated rings. The zero-order valence-electron chi connectivity index (χ0n) is 11.5. The zero-order valence-corrected chi connectivity index (χ0v) is 12.3. The number of amides is 1. The first-order valence-corrected chi connectivity index (χ1v) is 6.64. The van der Waals surface area contributed by atoms with E-state index in [2.05, 4.69) is 24.1 Å². The van der Waals surface area contributed by atoms with Crippen molar-refractivity contribution in [1.82, 2.24) is 9.55 Å². The van der Waals surface area contributed by atoms with Crippen LogP contribution < -0.4 is 11.1 Å². The first kappa shape index (κ1) is 16.0. The van der Waals surface area contributed by atoms with Gasteiger partial charge in [0.15, 0.2) is 0 Å². The lowest BCUT2D eigenvalue weighted by Gasteiger charge is -2.13. The fourth-order valence-corrected chi connectivity index (χ4v) is 2.44. The van der Waals surface area contributed by atoms with Crippen LogP contribution in [0.15, 0.2) is 12.4 Å². The number of carbonyl (C=O) groups is 1. The normalized spacial score (nSPS) is 22.3. The van der Waals surface area contributed by atoms with Crippen molar-refractivity contribution >= 4 is 24.3 Å². The fourth-order valence-electron chi connectivity index (χ4n) is 2.44. The van der Waals surface area contributed by atoms with Crippen LogP contribution in [0.2, 0.25) is 0 Å². The average Bonchev–Trinajstić information content (AvgIpc) is 2.88. The number of halogens is 1. The number of nitrogens with one attached hydrogen (secondary N) is 1. The maximum atomic E-state index is 12.1. The second kappa shape index (κ2) is 6.91. The van der Waals surface area contributed by atoms with Gasteiger partial charge in [-0.15, -0.1) is 12.4 Å². The van der Waals surface area contributed by atoms with E-state index in [1.54, 1.807) is 6.20 Å². The third-order valence-electron chi connectivity index (χ3n) is 3.36. The predicted octanol–water partition coefficient (Wildman–Crippen LogP) is 2.03. The quantitative estimate of drug-likeness (QED) is 0.889. The van der Waals surface area contributed by atoms with Gasteiger partial charge in [-0.05, 0) is 25.2 Å². The number of imidazole rings is 1. The molecule has 0 bridgehead atoms. The molecule has 1 amide bonds. The van der Waals surface area contributed by atoms with Crippen LogP contribution in [0.3, 0.4) is 0 Å². The van der Waals surface area contributed by atoms with Gasteiger partial charge in [0.2, 0.25) is 11.9 Å². The maximum absolute atomic E-state index is 12.1. The summed E-state index contributed by atoms with van der Waals surface area (Å²) in [6.45, 7) is 5.14. The van der Waals surface area contributed by atoms with E-state index >= 15 is 0 Å². The third kappa shape index (κ3) is 4.21. The molecule has 0 aliphatic heterocycles. The molecule has 1 aliphatic carbocycles. The molecule has 108 valence electrons. The molecule has 3 N–H and O–H groups in total. The second-order valence-electron chi connectivity index (χ2n) is 5.56. The van der Waals surface area contributed by atoms with E-state index in [0.717, 1.165) is 25.8 Å². The largest absolute Gasteiger partial charge is 0.328 e. The molecule has 2 unspecified atom stereocenters. The summed E-state index contributed by atoms with van der Waals surface area (Å²) < 4.78 is 1.98. The summed E-state index contributed by atoms with van der Waals surface area (Å²) in [6, 6.07) is 0.177. The van der Waals surface area contributed by atoms with Gasteiger partial charge in [0.1, 0.15) is 0 Å². The van der Waals surface area contributed by atoms with Crippen molar-refractivity contribution in [2.24, 2.45) is 17.6 Å². The van der Waals surface area contributed by atoms with Gasteiger partial charge in [0.25, 0.3) is 0 Å². The number of anilines is 1. The van der Waals surface area contributed by atoms with E-state index in [-0.39, 0.29) is 30.3 Å². The van der Waals surface area contributed by atoms with Gasteiger partial charge in [-0.1, -0.05) is 13.8 Å². The highest BCUT2D eigenvalue weighted by Gasteiger charge is 2.28. The zero-order chi connectivity index (χ0) is 13.1. The topological polar surface area (TPSA) is 72.9 Å². The van der Waals surface area contributed by atoms with E-state index in [1.165, 1.54) is 0 Å². The molecule has 0 radical (unpaired) electrons. The summed E-state index contributed by atoms with van der Waals surface area (Å²) in [7, 11) is 0. The van der Waals surface area contributed by atoms with E-state index < -0.39 is 0 Å². The van der Waals surface area contributed by atoms with Crippen LogP contribution in [0.1, 0.15) is 33.1 Å². The van der Waals surface area contributed by atoms with Crippen LogP contribution in [0.5, 0.6) is 0 Å². The number of carbonyl (C=O) groups excluding carboxylic acids is 1. The van der Waals surface area contributed by atoms with Crippen LogP contribution in [-0.2, 0) is 11.3 Å². The minimum absolute atomic E-state index is 0. The Bertz CT molecular complexity index is 419. The molecule has 2 rings (SSSR count). The summed E-state index contributed by atoms with van der Waals surface area (Å²) in [6.07, 6.45) is 6.24. The molecule has 1 aromatic heterocycles. The molecular weight excluding hydrogens is 264 g/mol. The first-order chi connectivity index (χ1) is 8.56. The van der Waals surface area contributed by atoms with Crippen molar-refractivity contribution in [3.63, 3.8) is 0 Å². The minimum Gasteiger partial charge on any atom is -0.328 e. The lowest BCUT2D eigenvalue weighted by molar-refractivity contribution is -0.119. The van der Waals surface area contributed by atoms with Gasteiger partial charge >= 0.3 is 0 Å². The summed E-state index contributed by atoms with van der Waals surface area (Å²) in [4.78, 5) is 16.3. The van der Waals surface area contributed by atoms with Crippen LogP contribution in [0, 0.1) is 11.8 Å². The Labute approximate surface area is 120 Å². The van der Waals surface area contributed by atoms with Gasteiger partial charge < -0.3 is 10.3 Å². The summed E-state index contributed by atoms with van der Waals surface area (Å²) in [5.74, 6) is 1.27. The molecule has 1 aromatic rings. The second-order valence-corrected chi connectivity index (χ2v) is 5.56. The van der Waals surface area contributed by atoms with Crippen molar-refractivity contribution < 1.29 is 4.79 Å². The molecule has 1 aliphatic rings. The maximum Gasteiger partial charge on any atom is 0.229 e. The Balaban J connectivity index is 0.00000180. The van der Waals surface area contributed by atoms with Crippen molar-refractivity contribution in [3.8, 4) is 0 Å². The van der Waals surface area contributed by atoms with Crippen LogP contribution in [0.25, 0.3) is 0 Å². The Morgan fingerprint density at radius 1 is 1.58 bits per heavy atom. The van der Waals surface area contributed by atoms with E-state index in [1.807, 2.05) is 10.8 Å².